The zero-order valence-electron chi connectivity index (χ0n) is 12.5. The van der Waals surface area contributed by atoms with Crippen LogP contribution in [0.5, 0.6) is 0 Å². The van der Waals surface area contributed by atoms with Crippen LogP contribution in [0, 0.1) is 5.41 Å². The van der Waals surface area contributed by atoms with Crippen molar-refractivity contribution in [1.82, 2.24) is 10.6 Å². The summed E-state index contributed by atoms with van der Waals surface area (Å²) in [7, 11) is 0. The van der Waals surface area contributed by atoms with Crippen LogP contribution in [-0.2, 0) is 11.2 Å². The van der Waals surface area contributed by atoms with Gasteiger partial charge in [0.25, 0.3) is 0 Å². The van der Waals surface area contributed by atoms with Crippen LogP contribution < -0.4 is 10.6 Å². The van der Waals surface area contributed by atoms with Crippen molar-refractivity contribution in [3.63, 3.8) is 0 Å². The van der Waals surface area contributed by atoms with Gasteiger partial charge in [0.15, 0.2) is 0 Å². The van der Waals surface area contributed by atoms with Gasteiger partial charge in [-0.05, 0) is 50.8 Å². The minimum absolute atomic E-state index is 0.127. The van der Waals surface area contributed by atoms with Crippen LogP contribution >= 0.6 is 0 Å². The van der Waals surface area contributed by atoms with Gasteiger partial charge in [0.05, 0.1) is 5.41 Å². The smallest absolute Gasteiger partial charge is 0.226 e. The van der Waals surface area contributed by atoms with E-state index in [0.29, 0.717) is 0 Å². The molecule has 0 aliphatic carbocycles. The first kappa shape index (κ1) is 15.0. The summed E-state index contributed by atoms with van der Waals surface area (Å²) in [5.41, 5.74) is 1.21. The molecule has 0 spiro atoms. The van der Waals surface area contributed by atoms with Crippen LogP contribution in [0.15, 0.2) is 30.3 Å². The van der Waals surface area contributed by atoms with E-state index in [2.05, 4.69) is 41.8 Å². The van der Waals surface area contributed by atoms with E-state index >= 15 is 0 Å². The fourth-order valence-corrected chi connectivity index (χ4v) is 2.97. The molecule has 1 amide bonds. The lowest BCUT2D eigenvalue weighted by Gasteiger charge is -2.35. The molecule has 1 heterocycles. The average molecular weight is 274 g/mol. The van der Waals surface area contributed by atoms with Crippen LogP contribution in [0.4, 0.5) is 0 Å². The highest BCUT2D eigenvalue weighted by Crippen LogP contribution is 2.32. The predicted molar refractivity (Wildman–Crippen MR) is 82.6 cm³/mol. The maximum atomic E-state index is 12.4. The lowest BCUT2D eigenvalue weighted by Crippen LogP contribution is -2.47. The Morgan fingerprint density at radius 2 is 1.95 bits per heavy atom. The molecule has 1 aromatic rings. The molecule has 3 nitrogen and oxygen atoms in total. The summed E-state index contributed by atoms with van der Waals surface area (Å²) in [6.07, 6.45) is 4.91. The number of hydrogen-bond donors (Lipinski definition) is 2. The molecule has 0 radical (unpaired) electrons. The Morgan fingerprint density at radius 1 is 1.25 bits per heavy atom. The maximum Gasteiger partial charge on any atom is 0.226 e. The van der Waals surface area contributed by atoms with Gasteiger partial charge in [-0.1, -0.05) is 37.3 Å². The van der Waals surface area contributed by atoms with E-state index in [1.54, 1.807) is 0 Å². The summed E-state index contributed by atoms with van der Waals surface area (Å²) in [5.74, 6) is 0.259. The van der Waals surface area contributed by atoms with Crippen LogP contribution in [0.3, 0.4) is 0 Å². The number of piperidine rings is 1. The Hall–Kier alpha value is -1.35. The standard InChI is InChI=1S/C17H26N2O/c1-2-17(10-13-18-14-11-17)16(20)19-12-6-9-15-7-4-3-5-8-15/h3-5,7-8,18H,2,6,9-14H2,1H3,(H,19,20). The third-order valence-electron chi connectivity index (χ3n) is 4.49. The van der Waals surface area contributed by atoms with E-state index in [4.69, 9.17) is 0 Å². The normalized spacial score (nSPS) is 17.6. The molecule has 2 N–H and O–H groups in total. The van der Waals surface area contributed by atoms with Crippen molar-refractivity contribution in [1.29, 1.82) is 0 Å². The van der Waals surface area contributed by atoms with E-state index in [9.17, 15) is 4.79 Å². The zero-order chi connectivity index (χ0) is 14.3. The lowest BCUT2D eigenvalue weighted by molar-refractivity contribution is -0.132. The van der Waals surface area contributed by atoms with Gasteiger partial charge in [0, 0.05) is 6.54 Å². The van der Waals surface area contributed by atoms with Gasteiger partial charge < -0.3 is 10.6 Å². The summed E-state index contributed by atoms with van der Waals surface area (Å²) in [6.45, 7) is 4.84. The molecule has 2 rings (SSSR count). The van der Waals surface area contributed by atoms with Gasteiger partial charge in [0.2, 0.25) is 5.91 Å². The first-order chi connectivity index (χ1) is 9.77. The number of aryl methyl sites for hydroxylation is 1. The molecule has 1 aromatic carbocycles. The number of carbonyl (C=O) groups is 1. The Bertz CT molecular complexity index is 410. The Balaban J connectivity index is 1.74. The van der Waals surface area contributed by atoms with Gasteiger partial charge in [-0.3, -0.25) is 4.79 Å². The highest BCUT2D eigenvalue weighted by Gasteiger charge is 2.37. The molecule has 0 aromatic heterocycles. The summed E-state index contributed by atoms with van der Waals surface area (Å²) in [4.78, 5) is 12.4. The second kappa shape index (κ2) is 7.44. The molecule has 1 aliphatic heterocycles. The fourth-order valence-electron chi connectivity index (χ4n) is 2.97. The van der Waals surface area contributed by atoms with Gasteiger partial charge in [-0.15, -0.1) is 0 Å². The van der Waals surface area contributed by atoms with E-state index in [1.807, 2.05) is 6.07 Å². The van der Waals surface area contributed by atoms with Crippen molar-refractivity contribution in [2.24, 2.45) is 5.41 Å². The van der Waals surface area contributed by atoms with E-state index in [0.717, 1.165) is 51.7 Å². The first-order valence-corrected chi connectivity index (χ1v) is 7.80. The van der Waals surface area contributed by atoms with Gasteiger partial charge in [-0.2, -0.15) is 0 Å². The van der Waals surface area contributed by atoms with Crippen LogP contribution in [0.1, 0.15) is 38.2 Å². The number of hydrogen-bond acceptors (Lipinski definition) is 2. The van der Waals surface area contributed by atoms with Crippen LogP contribution in [0.2, 0.25) is 0 Å². The van der Waals surface area contributed by atoms with Gasteiger partial charge in [0.1, 0.15) is 0 Å². The molecular weight excluding hydrogens is 248 g/mol. The zero-order valence-corrected chi connectivity index (χ0v) is 12.5. The number of benzene rings is 1. The van der Waals surface area contributed by atoms with Gasteiger partial charge >= 0.3 is 0 Å². The minimum atomic E-state index is -0.127. The van der Waals surface area contributed by atoms with Crippen molar-refractivity contribution in [3.05, 3.63) is 35.9 Å². The molecule has 0 bridgehead atoms. The molecule has 110 valence electrons. The Morgan fingerprint density at radius 3 is 2.60 bits per heavy atom. The van der Waals surface area contributed by atoms with Crippen LogP contribution in [0.25, 0.3) is 0 Å². The van der Waals surface area contributed by atoms with Crippen molar-refractivity contribution >= 4 is 5.91 Å². The summed E-state index contributed by atoms with van der Waals surface area (Å²) in [6, 6.07) is 10.4. The summed E-state index contributed by atoms with van der Waals surface area (Å²) in [5, 5.41) is 6.49. The number of nitrogens with one attached hydrogen (secondary N) is 2. The SMILES string of the molecule is CCC1(C(=O)NCCCc2ccccc2)CCNCC1. The molecule has 0 saturated carbocycles. The summed E-state index contributed by atoms with van der Waals surface area (Å²) < 4.78 is 0. The van der Waals surface area contributed by atoms with E-state index in [-0.39, 0.29) is 11.3 Å². The van der Waals surface area contributed by atoms with Crippen LogP contribution in [-0.4, -0.2) is 25.5 Å². The average Bonchev–Trinajstić information content (AvgIpc) is 2.53. The molecule has 1 aliphatic rings. The predicted octanol–water partition coefficient (Wildman–Crippen LogP) is 2.52. The number of rotatable bonds is 6. The maximum absolute atomic E-state index is 12.4. The van der Waals surface area contributed by atoms with Crippen molar-refractivity contribution in [2.75, 3.05) is 19.6 Å². The molecule has 1 fully saturated rings. The second-order valence-electron chi connectivity index (χ2n) is 5.73. The minimum Gasteiger partial charge on any atom is -0.356 e. The molecule has 0 atom stereocenters. The monoisotopic (exact) mass is 274 g/mol. The summed E-state index contributed by atoms with van der Waals surface area (Å²) >= 11 is 0. The molecular formula is C17H26N2O. The van der Waals surface area contributed by atoms with Crippen molar-refractivity contribution < 1.29 is 4.79 Å². The van der Waals surface area contributed by atoms with E-state index < -0.39 is 0 Å². The van der Waals surface area contributed by atoms with E-state index in [1.165, 1.54) is 5.56 Å². The third-order valence-corrected chi connectivity index (χ3v) is 4.49. The fraction of sp³-hybridized carbons (Fsp3) is 0.588. The van der Waals surface area contributed by atoms with Crippen molar-refractivity contribution in [3.8, 4) is 0 Å². The number of amides is 1. The molecule has 0 unspecified atom stereocenters. The van der Waals surface area contributed by atoms with Crippen molar-refractivity contribution in [2.45, 2.75) is 39.0 Å². The highest BCUT2D eigenvalue weighted by molar-refractivity contribution is 5.82. The topological polar surface area (TPSA) is 41.1 Å². The highest BCUT2D eigenvalue weighted by atomic mass is 16.2. The lowest BCUT2D eigenvalue weighted by atomic mass is 9.76. The largest absolute Gasteiger partial charge is 0.356 e. The molecule has 20 heavy (non-hydrogen) atoms. The quantitative estimate of drug-likeness (QED) is 0.783. The van der Waals surface area contributed by atoms with Gasteiger partial charge in [-0.25, -0.2) is 0 Å². The molecule has 3 heteroatoms. The Kier molecular flexibility index (Phi) is 5.60. The second-order valence-corrected chi connectivity index (χ2v) is 5.73. The first-order valence-electron chi connectivity index (χ1n) is 7.80. The third kappa shape index (κ3) is 3.83. The molecule has 1 saturated heterocycles. The Labute approximate surface area is 122 Å². The number of carbonyl (C=O) groups excluding carboxylic acids is 1.